The predicted octanol–water partition coefficient (Wildman–Crippen LogP) is 4.11. The molecule has 2 rings (SSSR count). The summed E-state index contributed by atoms with van der Waals surface area (Å²) >= 11 is 2.90. The Morgan fingerprint density at radius 3 is 2.57 bits per heavy atom. The fraction of sp³-hybridized carbons (Fsp3) is 0.333. The fourth-order valence-electron chi connectivity index (χ4n) is 1.83. The van der Waals surface area contributed by atoms with Gasteiger partial charge in [-0.05, 0) is 37.3 Å². The van der Waals surface area contributed by atoms with E-state index in [1.54, 1.807) is 13.0 Å². The molecule has 0 saturated heterocycles. The van der Waals surface area contributed by atoms with Crippen molar-refractivity contribution in [2.75, 3.05) is 11.9 Å². The number of hydrogen-bond donors (Lipinski definition) is 1. The minimum atomic E-state index is -0.397. The summed E-state index contributed by atoms with van der Waals surface area (Å²) in [6.45, 7) is 5.98. The van der Waals surface area contributed by atoms with E-state index in [1.807, 2.05) is 24.6 Å². The van der Waals surface area contributed by atoms with Crippen molar-refractivity contribution in [2.45, 2.75) is 27.2 Å². The second kappa shape index (κ2) is 6.87. The van der Waals surface area contributed by atoms with Crippen LogP contribution in [0.15, 0.2) is 16.8 Å². The van der Waals surface area contributed by atoms with Crippen molar-refractivity contribution in [3.63, 3.8) is 0 Å². The molecule has 0 saturated carbocycles. The zero-order valence-corrected chi connectivity index (χ0v) is 13.8. The van der Waals surface area contributed by atoms with Gasteiger partial charge in [-0.2, -0.15) is 11.3 Å². The molecule has 0 aromatic carbocycles. The first-order valence-electron chi connectivity index (χ1n) is 6.70. The molecule has 4 nitrogen and oxygen atoms in total. The molecule has 0 spiro atoms. The van der Waals surface area contributed by atoms with Crippen LogP contribution in [0.4, 0.5) is 5.00 Å². The van der Waals surface area contributed by atoms with Crippen molar-refractivity contribution in [3.8, 4) is 0 Å². The summed E-state index contributed by atoms with van der Waals surface area (Å²) in [6, 6.07) is 1.79. The number of anilines is 1. The quantitative estimate of drug-likeness (QED) is 0.843. The van der Waals surface area contributed by atoms with Gasteiger partial charge in [0.05, 0.1) is 17.7 Å². The summed E-state index contributed by atoms with van der Waals surface area (Å²) in [6.07, 6.45) is 0.810. The highest BCUT2D eigenvalue weighted by atomic mass is 32.1. The molecule has 1 N–H and O–H groups in total. The molecule has 0 aliphatic carbocycles. The SMILES string of the molecule is CCOC(=O)c1cc(CC)sc1NC(=O)c1cscc1C. The molecule has 0 atom stereocenters. The molecule has 2 aromatic rings. The Labute approximate surface area is 131 Å². The van der Waals surface area contributed by atoms with Gasteiger partial charge in [0.2, 0.25) is 0 Å². The van der Waals surface area contributed by atoms with Crippen molar-refractivity contribution < 1.29 is 14.3 Å². The predicted molar refractivity (Wildman–Crippen MR) is 86.7 cm³/mol. The minimum Gasteiger partial charge on any atom is -0.462 e. The number of amides is 1. The molecular weight excluding hydrogens is 306 g/mol. The molecule has 0 aliphatic heterocycles. The molecule has 2 heterocycles. The Morgan fingerprint density at radius 2 is 2.00 bits per heavy atom. The summed E-state index contributed by atoms with van der Waals surface area (Å²) in [4.78, 5) is 25.3. The Hall–Kier alpha value is -1.66. The summed E-state index contributed by atoms with van der Waals surface area (Å²) in [5, 5.41) is 7.12. The first-order valence-corrected chi connectivity index (χ1v) is 8.46. The van der Waals surface area contributed by atoms with Crippen LogP contribution in [0.3, 0.4) is 0 Å². The van der Waals surface area contributed by atoms with Gasteiger partial charge in [-0.25, -0.2) is 4.79 Å². The fourth-order valence-corrected chi connectivity index (χ4v) is 3.64. The third-order valence-electron chi connectivity index (χ3n) is 2.95. The lowest BCUT2D eigenvalue weighted by atomic mass is 10.2. The van der Waals surface area contributed by atoms with Crippen molar-refractivity contribution in [1.82, 2.24) is 0 Å². The maximum atomic E-state index is 12.3. The van der Waals surface area contributed by atoms with E-state index >= 15 is 0 Å². The molecule has 2 aromatic heterocycles. The van der Waals surface area contributed by atoms with Crippen LogP contribution in [0.1, 0.15) is 45.0 Å². The maximum Gasteiger partial charge on any atom is 0.341 e. The lowest BCUT2D eigenvalue weighted by molar-refractivity contribution is 0.0528. The number of esters is 1. The lowest BCUT2D eigenvalue weighted by Crippen LogP contribution is -2.14. The smallest absolute Gasteiger partial charge is 0.341 e. The largest absolute Gasteiger partial charge is 0.462 e. The number of hydrogen-bond acceptors (Lipinski definition) is 5. The van der Waals surface area contributed by atoms with Crippen LogP contribution < -0.4 is 5.32 Å². The number of nitrogens with one attached hydrogen (secondary N) is 1. The highest BCUT2D eigenvalue weighted by molar-refractivity contribution is 7.16. The Morgan fingerprint density at radius 1 is 1.24 bits per heavy atom. The van der Waals surface area contributed by atoms with Crippen molar-refractivity contribution in [2.24, 2.45) is 0 Å². The van der Waals surface area contributed by atoms with E-state index in [1.165, 1.54) is 22.7 Å². The minimum absolute atomic E-state index is 0.191. The average Bonchev–Trinajstić information content (AvgIpc) is 3.05. The number of rotatable bonds is 5. The second-order valence-corrected chi connectivity index (χ2v) is 6.33. The highest BCUT2D eigenvalue weighted by Crippen LogP contribution is 2.30. The first kappa shape index (κ1) is 15.7. The Kier molecular flexibility index (Phi) is 5.14. The van der Waals surface area contributed by atoms with Crippen LogP contribution in [0, 0.1) is 6.92 Å². The molecule has 0 aliphatic rings. The van der Waals surface area contributed by atoms with Gasteiger partial charge in [0, 0.05) is 10.3 Å². The summed E-state index contributed by atoms with van der Waals surface area (Å²) in [5.74, 6) is -0.588. The number of thiophene rings is 2. The topological polar surface area (TPSA) is 55.4 Å². The standard InChI is InChI=1S/C15H17NO3S2/c1-4-10-6-11(15(18)19-5-2)14(21-10)16-13(17)12-8-20-7-9(12)3/h6-8H,4-5H2,1-3H3,(H,16,17). The van der Waals surface area contributed by atoms with Crippen LogP contribution in [0.2, 0.25) is 0 Å². The van der Waals surface area contributed by atoms with Crippen LogP contribution in [0.5, 0.6) is 0 Å². The van der Waals surface area contributed by atoms with Gasteiger partial charge in [-0.15, -0.1) is 11.3 Å². The third kappa shape index (κ3) is 3.51. The van der Waals surface area contributed by atoms with Crippen molar-refractivity contribution in [3.05, 3.63) is 38.4 Å². The van der Waals surface area contributed by atoms with Gasteiger partial charge < -0.3 is 10.1 Å². The van der Waals surface area contributed by atoms with E-state index in [0.29, 0.717) is 22.7 Å². The van der Waals surface area contributed by atoms with Crippen LogP contribution in [0.25, 0.3) is 0 Å². The Bertz CT molecular complexity index is 658. The lowest BCUT2D eigenvalue weighted by Gasteiger charge is -2.05. The van der Waals surface area contributed by atoms with E-state index in [4.69, 9.17) is 4.74 Å². The van der Waals surface area contributed by atoms with Crippen molar-refractivity contribution >= 4 is 39.6 Å². The number of carbonyl (C=O) groups is 2. The van der Waals surface area contributed by atoms with Crippen LogP contribution >= 0.6 is 22.7 Å². The van der Waals surface area contributed by atoms with E-state index in [-0.39, 0.29) is 5.91 Å². The molecule has 6 heteroatoms. The number of carbonyl (C=O) groups excluding carboxylic acids is 2. The van der Waals surface area contributed by atoms with Crippen molar-refractivity contribution in [1.29, 1.82) is 0 Å². The molecule has 0 unspecified atom stereocenters. The normalized spacial score (nSPS) is 10.4. The van der Waals surface area contributed by atoms with Crippen LogP contribution in [-0.4, -0.2) is 18.5 Å². The molecule has 21 heavy (non-hydrogen) atoms. The number of aryl methyl sites for hydroxylation is 2. The van der Waals surface area contributed by atoms with Gasteiger partial charge in [0.15, 0.2) is 0 Å². The monoisotopic (exact) mass is 323 g/mol. The zero-order chi connectivity index (χ0) is 15.4. The summed E-state index contributed by atoms with van der Waals surface area (Å²) in [7, 11) is 0. The summed E-state index contributed by atoms with van der Waals surface area (Å²) < 4.78 is 5.04. The zero-order valence-electron chi connectivity index (χ0n) is 12.2. The molecule has 112 valence electrons. The van der Waals surface area contributed by atoms with E-state index in [9.17, 15) is 9.59 Å². The van der Waals surface area contributed by atoms with Gasteiger partial charge >= 0.3 is 5.97 Å². The Balaban J connectivity index is 2.26. The number of ether oxygens (including phenoxy) is 1. The molecular formula is C15H17NO3S2. The average molecular weight is 323 g/mol. The highest BCUT2D eigenvalue weighted by Gasteiger charge is 2.20. The molecule has 0 bridgehead atoms. The molecule has 0 fully saturated rings. The van der Waals surface area contributed by atoms with E-state index in [2.05, 4.69) is 5.32 Å². The van der Waals surface area contributed by atoms with Gasteiger partial charge in [-0.1, -0.05) is 6.92 Å². The van der Waals surface area contributed by atoms with E-state index < -0.39 is 5.97 Å². The second-order valence-electron chi connectivity index (χ2n) is 4.45. The van der Waals surface area contributed by atoms with Gasteiger partial charge in [0.25, 0.3) is 5.91 Å². The first-order chi connectivity index (χ1) is 10.1. The molecule has 1 amide bonds. The summed E-state index contributed by atoms with van der Waals surface area (Å²) in [5.41, 5.74) is 2.00. The molecule has 0 radical (unpaired) electrons. The van der Waals surface area contributed by atoms with E-state index in [0.717, 1.165) is 16.9 Å². The van der Waals surface area contributed by atoms with Gasteiger partial charge in [-0.3, -0.25) is 4.79 Å². The van der Waals surface area contributed by atoms with Crippen LogP contribution in [-0.2, 0) is 11.2 Å². The third-order valence-corrected chi connectivity index (χ3v) is 5.01. The maximum absolute atomic E-state index is 12.3. The van der Waals surface area contributed by atoms with Gasteiger partial charge in [0.1, 0.15) is 5.00 Å².